The second kappa shape index (κ2) is 7.19. The van der Waals surface area contributed by atoms with Crippen LogP contribution in [0.3, 0.4) is 0 Å². The van der Waals surface area contributed by atoms with Gasteiger partial charge in [-0.15, -0.1) is 11.3 Å². The van der Waals surface area contributed by atoms with Crippen molar-refractivity contribution in [2.24, 2.45) is 0 Å². The highest BCUT2D eigenvalue weighted by atomic mass is 32.1. The first kappa shape index (κ1) is 16.9. The van der Waals surface area contributed by atoms with E-state index in [-0.39, 0.29) is 36.7 Å². The number of Topliss-reactive ketones (excluding diaryl/α,β-unsaturated/α-hetero) is 1. The number of nitro groups is 1. The monoisotopic (exact) mass is 337 g/mol. The van der Waals surface area contributed by atoms with E-state index in [9.17, 15) is 19.7 Å². The number of esters is 1. The van der Waals surface area contributed by atoms with Gasteiger partial charge in [-0.1, -0.05) is 0 Å². The van der Waals surface area contributed by atoms with Gasteiger partial charge in [-0.3, -0.25) is 19.7 Å². The summed E-state index contributed by atoms with van der Waals surface area (Å²) in [6.07, 6.45) is 0.0648. The predicted molar refractivity (Wildman–Crippen MR) is 85.2 cm³/mol. The lowest BCUT2D eigenvalue weighted by atomic mass is 10.1. The van der Waals surface area contributed by atoms with Crippen molar-refractivity contribution in [3.63, 3.8) is 0 Å². The Balaban J connectivity index is 2.24. The third-order valence-electron chi connectivity index (χ3n) is 3.15. The predicted octanol–water partition coefficient (Wildman–Crippen LogP) is 3.34. The number of carbonyl (C=O) groups is 2. The number of nitrogens with zero attached hydrogens (tertiary/aromatic N) is 1. The van der Waals surface area contributed by atoms with E-state index < -0.39 is 10.9 Å². The average molecular weight is 337 g/mol. The summed E-state index contributed by atoms with van der Waals surface area (Å²) in [7, 11) is 1.35. The largest absolute Gasteiger partial charge is 0.490 e. The number of ether oxygens (including phenoxy) is 2. The molecule has 1 aromatic carbocycles. The molecule has 0 N–H and O–H groups in total. The Morgan fingerprint density at radius 1 is 1.26 bits per heavy atom. The van der Waals surface area contributed by atoms with Crippen LogP contribution in [0, 0.1) is 10.1 Å². The first-order valence-electron chi connectivity index (χ1n) is 6.91. The molecule has 23 heavy (non-hydrogen) atoms. The molecule has 122 valence electrons. The molecule has 0 bridgehead atoms. The van der Waals surface area contributed by atoms with Gasteiger partial charge in [-0.05, 0) is 13.0 Å². The van der Waals surface area contributed by atoms with Crippen molar-refractivity contribution < 1.29 is 24.0 Å². The Morgan fingerprint density at radius 2 is 2.00 bits per heavy atom. The van der Waals surface area contributed by atoms with Crippen LogP contribution in [0.5, 0.6) is 5.75 Å². The summed E-state index contributed by atoms with van der Waals surface area (Å²) in [5, 5.41) is 11.6. The summed E-state index contributed by atoms with van der Waals surface area (Å²) < 4.78 is 10.5. The highest BCUT2D eigenvalue weighted by Crippen LogP contribution is 2.36. The Hall–Kier alpha value is -2.48. The fourth-order valence-corrected chi connectivity index (χ4v) is 3.11. The minimum Gasteiger partial charge on any atom is -0.490 e. The van der Waals surface area contributed by atoms with E-state index in [4.69, 9.17) is 9.47 Å². The van der Waals surface area contributed by atoms with Crippen LogP contribution in [0.1, 0.15) is 29.4 Å². The van der Waals surface area contributed by atoms with E-state index in [2.05, 4.69) is 0 Å². The Kier molecular flexibility index (Phi) is 5.28. The van der Waals surface area contributed by atoms with E-state index >= 15 is 0 Å². The van der Waals surface area contributed by atoms with Crippen molar-refractivity contribution in [3.8, 4) is 5.75 Å². The standard InChI is InChI=1S/C15H15NO6S/c1-3-22-15(18)5-4-11(17)14-7-9-6-10(16(19)20)12(21-2)8-13(9)23-14/h6-8H,3-5H2,1-2H3. The first-order chi connectivity index (χ1) is 11.0. The zero-order chi connectivity index (χ0) is 17.0. The van der Waals surface area contributed by atoms with Gasteiger partial charge in [0.25, 0.3) is 0 Å². The molecule has 0 unspecified atom stereocenters. The first-order valence-corrected chi connectivity index (χ1v) is 7.72. The summed E-state index contributed by atoms with van der Waals surface area (Å²) in [6, 6.07) is 4.52. The van der Waals surface area contributed by atoms with Crippen LogP contribution in [0.2, 0.25) is 0 Å². The molecule has 1 heterocycles. The summed E-state index contributed by atoms with van der Waals surface area (Å²) in [6.45, 7) is 1.98. The smallest absolute Gasteiger partial charge is 0.311 e. The fourth-order valence-electron chi connectivity index (χ4n) is 2.07. The number of rotatable bonds is 7. The maximum atomic E-state index is 12.1. The van der Waals surface area contributed by atoms with Crippen LogP contribution in [-0.2, 0) is 9.53 Å². The van der Waals surface area contributed by atoms with Crippen molar-refractivity contribution in [3.05, 3.63) is 33.2 Å². The molecule has 0 radical (unpaired) electrons. The fraction of sp³-hybridized carbons (Fsp3) is 0.333. The van der Waals surface area contributed by atoms with Gasteiger partial charge in [0.2, 0.25) is 0 Å². The van der Waals surface area contributed by atoms with Crippen LogP contribution < -0.4 is 4.74 Å². The molecule has 8 heteroatoms. The summed E-state index contributed by atoms with van der Waals surface area (Å²) in [5.41, 5.74) is -0.150. The second-order valence-corrected chi connectivity index (χ2v) is 5.74. The second-order valence-electron chi connectivity index (χ2n) is 4.66. The van der Waals surface area contributed by atoms with Crippen molar-refractivity contribution in [2.45, 2.75) is 19.8 Å². The number of nitro benzene ring substituents is 1. The van der Waals surface area contributed by atoms with E-state index in [1.54, 1.807) is 19.1 Å². The Morgan fingerprint density at radius 3 is 2.61 bits per heavy atom. The van der Waals surface area contributed by atoms with Crippen LogP contribution in [0.15, 0.2) is 18.2 Å². The molecule has 0 spiro atoms. The zero-order valence-corrected chi connectivity index (χ0v) is 13.5. The minimum absolute atomic E-state index is 0.0182. The Labute approximate surface area is 136 Å². The van der Waals surface area contributed by atoms with Gasteiger partial charge in [0.15, 0.2) is 11.5 Å². The topological polar surface area (TPSA) is 95.7 Å². The highest BCUT2D eigenvalue weighted by Gasteiger charge is 2.19. The van der Waals surface area contributed by atoms with Gasteiger partial charge >= 0.3 is 11.7 Å². The molecule has 1 aromatic heterocycles. The number of ketones is 1. The van der Waals surface area contributed by atoms with Crippen LogP contribution in [0.4, 0.5) is 5.69 Å². The molecule has 0 aliphatic carbocycles. The molecule has 0 saturated carbocycles. The summed E-state index contributed by atoms with van der Waals surface area (Å²) >= 11 is 1.22. The number of methoxy groups -OCH3 is 1. The minimum atomic E-state index is -0.530. The van der Waals surface area contributed by atoms with E-state index in [1.165, 1.54) is 24.5 Å². The van der Waals surface area contributed by atoms with Crippen LogP contribution in [-0.4, -0.2) is 30.4 Å². The van der Waals surface area contributed by atoms with Gasteiger partial charge in [0.05, 0.1) is 29.9 Å². The maximum Gasteiger partial charge on any atom is 0.311 e. The molecule has 2 aromatic rings. The zero-order valence-electron chi connectivity index (χ0n) is 12.7. The lowest BCUT2D eigenvalue weighted by molar-refractivity contribution is -0.385. The van der Waals surface area contributed by atoms with Crippen molar-refractivity contribution in [1.29, 1.82) is 0 Å². The van der Waals surface area contributed by atoms with Gasteiger partial charge < -0.3 is 9.47 Å². The van der Waals surface area contributed by atoms with E-state index in [0.717, 1.165) is 0 Å². The third-order valence-corrected chi connectivity index (χ3v) is 4.29. The molecule has 7 nitrogen and oxygen atoms in total. The van der Waals surface area contributed by atoms with Gasteiger partial charge in [-0.25, -0.2) is 0 Å². The van der Waals surface area contributed by atoms with Crippen LogP contribution in [0.25, 0.3) is 10.1 Å². The molecule has 0 aliphatic heterocycles. The number of thiophene rings is 1. The lowest BCUT2D eigenvalue weighted by Crippen LogP contribution is -2.07. The van der Waals surface area contributed by atoms with E-state index in [0.29, 0.717) is 15.0 Å². The third kappa shape index (κ3) is 3.84. The van der Waals surface area contributed by atoms with E-state index in [1.807, 2.05) is 0 Å². The molecular weight excluding hydrogens is 322 g/mol. The Bertz CT molecular complexity index is 767. The molecule has 0 saturated heterocycles. The average Bonchev–Trinajstić information content (AvgIpc) is 2.94. The van der Waals surface area contributed by atoms with Crippen LogP contribution >= 0.6 is 11.3 Å². The number of hydrogen-bond acceptors (Lipinski definition) is 7. The molecular formula is C15H15NO6S. The van der Waals surface area contributed by atoms with Crippen molar-refractivity contribution in [2.75, 3.05) is 13.7 Å². The van der Waals surface area contributed by atoms with Gasteiger partial charge in [-0.2, -0.15) is 0 Å². The number of fused-ring (bicyclic) bond motifs is 1. The summed E-state index contributed by atoms with van der Waals surface area (Å²) in [5.74, 6) is -0.463. The molecule has 0 amide bonds. The van der Waals surface area contributed by atoms with Gasteiger partial charge in [0.1, 0.15) is 0 Å². The number of carbonyl (C=O) groups excluding carboxylic acids is 2. The highest BCUT2D eigenvalue weighted by molar-refractivity contribution is 7.20. The molecule has 2 rings (SSSR count). The molecule has 0 atom stereocenters. The molecule has 0 fully saturated rings. The SMILES string of the molecule is CCOC(=O)CCC(=O)c1cc2cc([N+](=O)[O-])c(OC)cc2s1. The van der Waals surface area contributed by atoms with Crippen molar-refractivity contribution in [1.82, 2.24) is 0 Å². The lowest BCUT2D eigenvalue weighted by Gasteiger charge is -2.00. The van der Waals surface area contributed by atoms with Crippen molar-refractivity contribution >= 4 is 38.9 Å². The quantitative estimate of drug-likeness (QED) is 0.333. The maximum absolute atomic E-state index is 12.1. The van der Waals surface area contributed by atoms with Gasteiger partial charge in [0, 0.05) is 28.6 Å². The summed E-state index contributed by atoms with van der Waals surface area (Å²) in [4.78, 5) is 34.4. The number of hydrogen-bond donors (Lipinski definition) is 0. The number of benzene rings is 1. The normalized spacial score (nSPS) is 10.5. The molecule has 0 aliphatic rings.